The van der Waals surface area contributed by atoms with Crippen molar-refractivity contribution in [3.8, 4) is 17.2 Å². The van der Waals surface area contributed by atoms with E-state index in [9.17, 15) is 18.6 Å². The fourth-order valence-electron chi connectivity index (χ4n) is 3.98. The first kappa shape index (κ1) is 26.5. The molecule has 1 aliphatic rings. The summed E-state index contributed by atoms with van der Waals surface area (Å²) >= 11 is 13.3. The Hall–Kier alpha value is -0.0700. The van der Waals surface area contributed by atoms with E-state index in [-0.39, 0.29) is 55.8 Å². The smallest absolute Gasteiger partial charge is 0.871 e. The van der Waals surface area contributed by atoms with Gasteiger partial charge in [0.15, 0.2) is 4.75 Å². The van der Waals surface area contributed by atoms with Crippen molar-refractivity contribution in [2.45, 2.75) is 18.6 Å². The zero-order valence-corrected chi connectivity index (χ0v) is 26.1. The molecule has 1 heterocycles. The first-order chi connectivity index (χ1) is 14.4. The zero-order valence-electron chi connectivity index (χ0n) is 17.0. The largest absolute Gasteiger partial charge is 1.00 e. The second kappa shape index (κ2) is 9.18. The number of phenols is 1. The van der Waals surface area contributed by atoms with Crippen LogP contribution in [-0.4, -0.2) is 13.5 Å². The maximum atomic E-state index is 13.8. The zero-order chi connectivity index (χ0) is 22.9. The minimum atomic E-state index is -4.32. The van der Waals surface area contributed by atoms with E-state index in [1.54, 1.807) is 44.2 Å². The van der Waals surface area contributed by atoms with Gasteiger partial charge in [-0.05, 0) is 86.2 Å². The van der Waals surface area contributed by atoms with E-state index >= 15 is 0 Å². The van der Waals surface area contributed by atoms with E-state index in [0.717, 1.165) is 0 Å². The summed E-state index contributed by atoms with van der Waals surface area (Å²) in [7, 11) is -4.32. The Balaban J connectivity index is 0.00000289. The molecule has 32 heavy (non-hydrogen) atoms. The summed E-state index contributed by atoms with van der Waals surface area (Å²) in [4.78, 5) is 0. The predicted octanol–water partition coefficient (Wildman–Crippen LogP) is 3.15. The van der Waals surface area contributed by atoms with Crippen LogP contribution in [0.2, 0.25) is 0 Å². The molecule has 3 aromatic rings. The van der Waals surface area contributed by atoms with Gasteiger partial charge in [0.2, 0.25) is 0 Å². The van der Waals surface area contributed by atoms with Crippen molar-refractivity contribution < 1.29 is 52.4 Å². The van der Waals surface area contributed by atoms with Gasteiger partial charge in [-0.3, -0.25) is 0 Å². The summed E-state index contributed by atoms with van der Waals surface area (Å²) in [6.45, 7) is 3.40. The van der Waals surface area contributed by atoms with E-state index in [4.69, 9.17) is 4.18 Å². The van der Waals surface area contributed by atoms with Crippen molar-refractivity contribution in [1.29, 1.82) is 0 Å². The van der Waals surface area contributed by atoms with Crippen LogP contribution in [0.1, 0.15) is 27.8 Å². The summed E-state index contributed by atoms with van der Waals surface area (Å²) in [5, 5.41) is 22.9. The summed E-state index contributed by atoms with van der Waals surface area (Å²) in [5.41, 5.74) is 2.15. The molecule has 0 bridgehead atoms. The van der Waals surface area contributed by atoms with Crippen LogP contribution in [0.25, 0.3) is 0 Å². The van der Waals surface area contributed by atoms with E-state index in [2.05, 4.69) is 63.7 Å². The molecule has 4 rings (SSSR count). The summed E-state index contributed by atoms with van der Waals surface area (Å²) in [6.07, 6.45) is 0. The topological polar surface area (TPSA) is 86.7 Å². The van der Waals surface area contributed by atoms with Crippen molar-refractivity contribution in [3.05, 3.63) is 82.1 Å². The van der Waals surface area contributed by atoms with Crippen molar-refractivity contribution in [2.75, 3.05) is 0 Å². The van der Waals surface area contributed by atoms with Crippen LogP contribution in [0.4, 0.5) is 0 Å². The van der Waals surface area contributed by atoms with Crippen LogP contribution >= 0.6 is 63.7 Å². The molecule has 5 nitrogen and oxygen atoms in total. The maximum absolute atomic E-state index is 13.8. The molecular weight excluding hydrogens is 707 g/mol. The Morgan fingerprint density at radius 3 is 2.06 bits per heavy atom. The molecule has 0 amide bonds. The molecule has 3 aromatic carbocycles. The second-order valence-corrected chi connectivity index (χ2v) is 12.1. The summed E-state index contributed by atoms with van der Waals surface area (Å²) in [5.74, 6) is -0.124. The number of fused-ring (bicyclic) bond motifs is 1. The molecule has 11 heteroatoms. The number of phenolic OH excluding ortho intramolecular Hbond substituents is 1. The second-order valence-electron chi connectivity index (χ2n) is 7.08. The Morgan fingerprint density at radius 2 is 1.44 bits per heavy atom. The number of benzene rings is 3. The molecule has 0 saturated heterocycles. The molecule has 1 aliphatic heterocycles. The van der Waals surface area contributed by atoms with Crippen LogP contribution in [0.3, 0.4) is 0 Å². The SMILES string of the molecule is Cc1c(C2(c3cc(Br)c(O)c(Br)c3C)c3ccccc3OS2(=O)=O)cc(Br)c([O-])c1Br.[Na+]. The van der Waals surface area contributed by atoms with Gasteiger partial charge in [-0.2, -0.15) is 8.42 Å². The van der Waals surface area contributed by atoms with E-state index in [1.807, 2.05) is 0 Å². The van der Waals surface area contributed by atoms with Gasteiger partial charge in [0.1, 0.15) is 11.5 Å². The van der Waals surface area contributed by atoms with Crippen LogP contribution in [-0.2, 0) is 14.9 Å². The molecular formula is C21H13Br4NaO5S. The molecule has 0 aromatic heterocycles. The van der Waals surface area contributed by atoms with Crippen LogP contribution in [0, 0.1) is 13.8 Å². The standard InChI is InChI=1S/C21H14Br4O5S.Na/c1-9-12(7-14(22)19(26)17(9)24)21(13-8-15(23)20(27)18(25)10(13)2)11-5-3-4-6-16(11)30-31(21,28)29;/h3-8,26-27H,1-2H3;/q;+1/p-1. The third-order valence-electron chi connectivity index (χ3n) is 5.46. The molecule has 162 valence electrons. The van der Waals surface area contributed by atoms with Gasteiger partial charge in [-0.1, -0.05) is 55.8 Å². The van der Waals surface area contributed by atoms with Gasteiger partial charge >= 0.3 is 39.7 Å². The molecule has 1 atom stereocenters. The van der Waals surface area contributed by atoms with E-state index < -0.39 is 14.9 Å². The monoisotopic (exact) mass is 716 g/mol. The molecule has 0 fully saturated rings. The fraction of sp³-hybridized carbons (Fsp3) is 0.143. The molecule has 1 unspecified atom stereocenters. The minimum Gasteiger partial charge on any atom is -0.871 e. The minimum absolute atomic E-state index is 0. The predicted molar refractivity (Wildman–Crippen MR) is 130 cm³/mol. The van der Waals surface area contributed by atoms with Crippen molar-refractivity contribution in [2.24, 2.45) is 0 Å². The van der Waals surface area contributed by atoms with Crippen LogP contribution < -0.4 is 38.8 Å². The fourth-order valence-corrected chi connectivity index (χ4v) is 8.13. The van der Waals surface area contributed by atoms with Gasteiger partial charge < -0.3 is 14.4 Å². The third kappa shape index (κ3) is 3.64. The van der Waals surface area contributed by atoms with Gasteiger partial charge in [0.05, 0.1) is 8.95 Å². The van der Waals surface area contributed by atoms with Crippen molar-refractivity contribution in [1.82, 2.24) is 0 Å². The third-order valence-corrected chi connectivity index (χ3v) is 10.4. The number of aromatic hydroxyl groups is 1. The van der Waals surface area contributed by atoms with Gasteiger partial charge in [0.25, 0.3) is 0 Å². The van der Waals surface area contributed by atoms with E-state index in [1.165, 1.54) is 6.07 Å². The molecule has 0 radical (unpaired) electrons. The number of halogens is 4. The number of para-hydroxylation sites is 1. The first-order valence-electron chi connectivity index (χ1n) is 8.82. The Kier molecular flexibility index (Phi) is 7.61. The van der Waals surface area contributed by atoms with Gasteiger partial charge in [-0.25, -0.2) is 0 Å². The molecule has 1 N–H and O–H groups in total. The van der Waals surface area contributed by atoms with Gasteiger partial charge in [-0.15, -0.1) is 0 Å². The summed E-state index contributed by atoms with van der Waals surface area (Å²) < 4.78 is 32.6. The Bertz CT molecular complexity index is 1310. The quantitative estimate of drug-likeness (QED) is 0.325. The molecule has 0 saturated carbocycles. The number of hydrogen-bond donors (Lipinski definition) is 1. The van der Waals surface area contributed by atoms with Crippen molar-refractivity contribution in [3.63, 3.8) is 0 Å². The average molecular weight is 720 g/mol. The Labute approximate surface area is 241 Å². The maximum Gasteiger partial charge on any atom is 1.00 e. The normalized spacial score (nSPS) is 18.6. The van der Waals surface area contributed by atoms with Crippen molar-refractivity contribution >= 4 is 73.8 Å². The summed E-state index contributed by atoms with van der Waals surface area (Å²) in [6, 6.07) is 9.82. The number of hydrogen-bond acceptors (Lipinski definition) is 5. The number of rotatable bonds is 2. The Morgan fingerprint density at radius 1 is 0.906 bits per heavy atom. The van der Waals surface area contributed by atoms with Crippen LogP contribution in [0.15, 0.2) is 54.3 Å². The van der Waals surface area contributed by atoms with E-state index in [0.29, 0.717) is 36.8 Å². The van der Waals surface area contributed by atoms with Crippen LogP contribution in [0.5, 0.6) is 17.2 Å². The first-order valence-corrected chi connectivity index (χ1v) is 13.4. The molecule has 0 spiro atoms. The molecule has 0 aliphatic carbocycles. The average Bonchev–Trinajstić information content (AvgIpc) is 2.97. The van der Waals surface area contributed by atoms with Gasteiger partial charge in [0, 0.05) is 14.5 Å².